The van der Waals surface area contributed by atoms with E-state index in [9.17, 15) is 0 Å². The summed E-state index contributed by atoms with van der Waals surface area (Å²) in [6.45, 7) is 2.10. The molecule has 6 heteroatoms. The first kappa shape index (κ1) is 20.0. The van der Waals surface area contributed by atoms with E-state index >= 15 is 0 Å². The normalized spacial score (nSPS) is 18.3. The molecule has 0 aliphatic carbocycles. The highest BCUT2D eigenvalue weighted by molar-refractivity contribution is 9.10. The Bertz CT molecular complexity index is 1220. The first-order chi connectivity index (χ1) is 15.1. The van der Waals surface area contributed by atoms with Gasteiger partial charge in [-0.25, -0.2) is 0 Å². The van der Waals surface area contributed by atoms with E-state index in [4.69, 9.17) is 12.2 Å². The number of nitrogens with one attached hydrogen (secondary N) is 1. The molecule has 4 nitrogen and oxygen atoms in total. The molecule has 1 saturated heterocycles. The summed E-state index contributed by atoms with van der Waals surface area (Å²) in [6.07, 6.45) is 3.94. The molecule has 1 fully saturated rings. The van der Waals surface area contributed by atoms with Crippen molar-refractivity contribution in [3.8, 4) is 5.69 Å². The highest BCUT2D eigenvalue weighted by Crippen LogP contribution is 2.42. The monoisotopic (exact) mass is 488 g/mol. The van der Waals surface area contributed by atoms with Crippen LogP contribution in [-0.4, -0.2) is 14.7 Å². The number of thiocarbonyl (C=S) groups is 1. The molecule has 0 amide bonds. The van der Waals surface area contributed by atoms with E-state index in [2.05, 4.69) is 109 Å². The number of aromatic nitrogens is 2. The third kappa shape index (κ3) is 3.66. The van der Waals surface area contributed by atoms with E-state index in [1.807, 2.05) is 24.4 Å². The van der Waals surface area contributed by atoms with Crippen molar-refractivity contribution in [1.29, 1.82) is 0 Å². The summed E-state index contributed by atoms with van der Waals surface area (Å²) in [5, 5.41) is 4.24. The molecule has 31 heavy (non-hydrogen) atoms. The number of para-hydroxylation sites is 1. The molecule has 4 aromatic rings. The molecule has 0 spiro atoms. The van der Waals surface area contributed by atoms with Crippen LogP contribution in [0.5, 0.6) is 0 Å². The van der Waals surface area contributed by atoms with Gasteiger partial charge in [-0.05, 0) is 79.3 Å². The maximum Gasteiger partial charge on any atom is 0.174 e. The fourth-order valence-electron chi connectivity index (χ4n) is 4.17. The second kappa shape index (κ2) is 8.29. The van der Waals surface area contributed by atoms with Crippen molar-refractivity contribution in [1.82, 2.24) is 14.9 Å². The van der Waals surface area contributed by atoms with Crippen LogP contribution >= 0.6 is 28.1 Å². The van der Waals surface area contributed by atoms with Crippen molar-refractivity contribution in [2.45, 2.75) is 19.0 Å². The van der Waals surface area contributed by atoms with Crippen molar-refractivity contribution in [3.05, 3.63) is 113 Å². The van der Waals surface area contributed by atoms with Crippen LogP contribution in [0.2, 0.25) is 0 Å². The van der Waals surface area contributed by atoms with Gasteiger partial charge in [-0.3, -0.25) is 4.98 Å². The van der Waals surface area contributed by atoms with Gasteiger partial charge in [0.25, 0.3) is 0 Å². The number of benzene rings is 2. The molecular formula is C25H21BrN4S. The molecule has 5 rings (SSSR count). The van der Waals surface area contributed by atoms with E-state index in [1.165, 1.54) is 5.56 Å². The van der Waals surface area contributed by atoms with E-state index in [-0.39, 0.29) is 12.1 Å². The van der Waals surface area contributed by atoms with Gasteiger partial charge in [0.1, 0.15) is 6.04 Å². The lowest BCUT2D eigenvalue weighted by Gasteiger charge is -2.29. The van der Waals surface area contributed by atoms with Gasteiger partial charge in [0.2, 0.25) is 0 Å². The molecule has 2 aromatic carbocycles. The van der Waals surface area contributed by atoms with E-state index in [0.29, 0.717) is 5.11 Å². The predicted octanol–water partition coefficient (Wildman–Crippen LogP) is 6.12. The Hall–Kier alpha value is -2.96. The van der Waals surface area contributed by atoms with Crippen LogP contribution < -0.4 is 10.2 Å². The Morgan fingerprint density at radius 3 is 2.48 bits per heavy atom. The van der Waals surface area contributed by atoms with Gasteiger partial charge < -0.3 is 14.8 Å². The molecule has 0 unspecified atom stereocenters. The molecule has 154 valence electrons. The van der Waals surface area contributed by atoms with Crippen LogP contribution in [0.25, 0.3) is 5.69 Å². The van der Waals surface area contributed by atoms with Crippen LogP contribution in [0.3, 0.4) is 0 Å². The number of pyridine rings is 1. The number of nitrogens with zero attached hydrogens (tertiary/aromatic N) is 3. The van der Waals surface area contributed by atoms with Crippen LogP contribution in [0.15, 0.2) is 95.7 Å². The van der Waals surface area contributed by atoms with Gasteiger partial charge in [0.05, 0.1) is 11.7 Å². The summed E-state index contributed by atoms with van der Waals surface area (Å²) in [7, 11) is 0. The first-order valence-corrected chi connectivity index (χ1v) is 11.3. The second-order valence-corrected chi connectivity index (χ2v) is 8.81. The number of rotatable bonds is 4. The second-order valence-electron chi connectivity index (χ2n) is 7.57. The fourth-order valence-corrected chi connectivity index (χ4v) is 4.76. The Balaban J connectivity index is 1.68. The minimum atomic E-state index is -0.0741. The Kier molecular flexibility index (Phi) is 5.34. The molecule has 2 aromatic heterocycles. The minimum Gasteiger partial charge on any atom is -0.351 e. The highest BCUT2D eigenvalue weighted by Gasteiger charge is 2.42. The van der Waals surface area contributed by atoms with Gasteiger partial charge in [0, 0.05) is 33.9 Å². The molecule has 0 saturated carbocycles. The zero-order chi connectivity index (χ0) is 21.4. The predicted molar refractivity (Wildman–Crippen MR) is 133 cm³/mol. The summed E-state index contributed by atoms with van der Waals surface area (Å²) in [5.41, 5.74) is 5.45. The summed E-state index contributed by atoms with van der Waals surface area (Å²) in [6, 6.07) is 26.9. The van der Waals surface area contributed by atoms with Crippen molar-refractivity contribution in [2.24, 2.45) is 0 Å². The van der Waals surface area contributed by atoms with Crippen molar-refractivity contribution < 1.29 is 0 Å². The van der Waals surface area contributed by atoms with Crippen molar-refractivity contribution in [3.63, 3.8) is 0 Å². The zero-order valence-electron chi connectivity index (χ0n) is 16.9. The lowest BCUT2D eigenvalue weighted by molar-refractivity contribution is 0.549. The van der Waals surface area contributed by atoms with E-state index < -0.39 is 0 Å². The molecule has 1 aliphatic rings. The third-order valence-corrected chi connectivity index (χ3v) is 6.84. The lowest BCUT2D eigenvalue weighted by atomic mass is 10.0. The quantitative estimate of drug-likeness (QED) is 0.350. The van der Waals surface area contributed by atoms with Crippen LogP contribution in [0.1, 0.15) is 29.0 Å². The zero-order valence-corrected chi connectivity index (χ0v) is 19.3. The van der Waals surface area contributed by atoms with Gasteiger partial charge in [-0.1, -0.05) is 40.2 Å². The summed E-state index contributed by atoms with van der Waals surface area (Å²) >= 11 is 9.47. The smallest absolute Gasteiger partial charge is 0.174 e. The first-order valence-electron chi connectivity index (χ1n) is 10.1. The minimum absolute atomic E-state index is 0.0572. The van der Waals surface area contributed by atoms with E-state index in [0.717, 1.165) is 27.2 Å². The molecular weight excluding hydrogens is 468 g/mol. The maximum atomic E-state index is 5.85. The Morgan fingerprint density at radius 1 is 0.935 bits per heavy atom. The number of hydrogen-bond donors (Lipinski definition) is 1. The number of anilines is 1. The molecule has 0 radical (unpaired) electrons. The number of halogens is 1. The summed E-state index contributed by atoms with van der Waals surface area (Å²) in [5.74, 6) is 0. The maximum absolute atomic E-state index is 5.85. The number of hydrogen-bond acceptors (Lipinski definition) is 2. The average molecular weight is 489 g/mol. The van der Waals surface area contributed by atoms with Gasteiger partial charge >= 0.3 is 0 Å². The molecule has 3 heterocycles. The highest BCUT2D eigenvalue weighted by atomic mass is 79.9. The Morgan fingerprint density at radius 2 is 1.74 bits per heavy atom. The van der Waals surface area contributed by atoms with Gasteiger partial charge in [-0.15, -0.1) is 0 Å². The topological polar surface area (TPSA) is 33.1 Å². The third-order valence-electron chi connectivity index (χ3n) is 5.64. The van der Waals surface area contributed by atoms with Gasteiger partial charge in [0.15, 0.2) is 5.11 Å². The standard InChI is InChI=1S/C25H21BrN4S/c1-17-16-19(12-13-20(17)26)30-24(23(28-25(30)31)21-10-5-6-14-27-21)22-11-7-15-29(22)18-8-3-2-4-9-18/h2-16,23-24H,1H3,(H,28,31)/t23-,24+/m0/s1. The van der Waals surface area contributed by atoms with Gasteiger partial charge in [-0.2, -0.15) is 0 Å². The molecule has 1 aliphatic heterocycles. The van der Waals surface area contributed by atoms with Crippen molar-refractivity contribution >= 4 is 38.9 Å². The van der Waals surface area contributed by atoms with Crippen LogP contribution in [-0.2, 0) is 0 Å². The SMILES string of the molecule is Cc1cc(N2C(=S)N[C@@H](c3ccccn3)[C@H]2c2cccn2-c2ccccc2)ccc1Br. The summed E-state index contributed by atoms with van der Waals surface area (Å²) in [4.78, 5) is 6.86. The van der Waals surface area contributed by atoms with Crippen molar-refractivity contribution in [2.75, 3.05) is 4.90 Å². The molecule has 1 N–H and O–H groups in total. The van der Waals surface area contributed by atoms with Crippen LogP contribution in [0, 0.1) is 6.92 Å². The lowest BCUT2D eigenvalue weighted by Crippen LogP contribution is -2.30. The molecule has 0 bridgehead atoms. The average Bonchev–Trinajstić information content (AvgIpc) is 3.41. The summed E-state index contributed by atoms with van der Waals surface area (Å²) < 4.78 is 3.31. The van der Waals surface area contributed by atoms with Crippen LogP contribution in [0.4, 0.5) is 5.69 Å². The fraction of sp³-hybridized carbons (Fsp3) is 0.120. The molecule has 2 atom stereocenters. The number of aryl methyl sites for hydroxylation is 1. The van der Waals surface area contributed by atoms with E-state index in [1.54, 1.807) is 0 Å². The Labute approximate surface area is 195 Å². The largest absolute Gasteiger partial charge is 0.351 e.